The Hall–Kier alpha value is -1.98. The lowest BCUT2D eigenvalue weighted by Gasteiger charge is -2.14. The van der Waals surface area contributed by atoms with Crippen molar-refractivity contribution in [2.75, 3.05) is 12.8 Å². The molecule has 0 saturated heterocycles. The first kappa shape index (κ1) is 19.3. The van der Waals surface area contributed by atoms with Crippen molar-refractivity contribution in [3.8, 4) is 6.19 Å². The summed E-state index contributed by atoms with van der Waals surface area (Å²) in [4.78, 5) is 6.75. The monoisotopic (exact) mass is 383 g/mol. The largest absolute Gasteiger partial charge is 0.265 e. The molecular weight excluding hydrogens is 367 g/mol. The molecule has 3 nitrogen and oxygen atoms in total. The van der Waals surface area contributed by atoms with Gasteiger partial charge in [0, 0.05) is 18.9 Å². The third kappa shape index (κ3) is 5.25. The molecule has 0 aliphatic rings. The fourth-order valence-corrected chi connectivity index (χ4v) is 3.59. The van der Waals surface area contributed by atoms with Crippen LogP contribution in [0.5, 0.6) is 0 Å². The van der Waals surface area contributed by atoms with E-state index < -0.39 is 17.5 Å². The summed E-state index contributed by atoms with van der Waals surface area (Å²) in [5, 5.41) is 11.0. The third-order valence-electron chi connectivity index (χ3n) is 3.16. The van der Waals surface area contributed by atoms with Crippen LogP contribution < -0.4 is 0 Å². The van der Waals surface area contributed by atoms with Gasteiger partial charge in [-0.1, -0.05) is 6.07 Å². The zero-order valence-corrected chi connectivity index (χ0v) is 15.5. The highest BCUT2D eigenvalue weighted by atomic mass is 32.2. The highest BCUT2D eigenvalue weighted by molar-refractivity contribution is 7.99. The van der Waals surface area contributed by atoms with Gasteiger partial charge in [-0.3, -0.25) is 4.90 Å². The van der Waals surface area contributed by atoms with E-state index in [4.69, 9.17) is 5.26 Å². The summed E-state index contributed by atoms with van der Waals surface area (Å²) in [5.74, 6) is -3.49. The molecule has 1 aromatic heterocycles. The van der Waals surface area contributed by atoms with E-state index >= 15 is 0 Å². The molecule has 0 unspecified atom stereocenters. The molecule has 132 valence electrons. The van der Waals surface area contributed by atoms with Crippen LogP contribution >= 0.6 is 23.1 Å². The molecule has 1 aromatic carbocycles. The number of halogens is 3. The van der Waals surface area contributed by atoms with Crippen LogP contribution in [-0.4, -0.2) is 29.5 Å². The van der Waals surface area contributed by atoms with E-state index in [-0.39, 0.29) is 5.69 Å². The van der Waals surface area contributed by atoms with Crippen molar-refractivity contribution in [1.82, 2.24) is 4.90 Å². The van der Waals surface area contributed by atoms with Gasteiger partial charge >= 0.3 is 0 Å². The van der Waals surface area contributed by atoms with Crippen LogP contribution in [0.3, 0.4) is 0 Å². The Morgan fingerprint density at radius 3 is 2.72 bits per heavy atom. The number of aliphatic imine (C=N–C) groups is 1. The molecule has 2 rings (SSSR count). The zero-order chi connectivity index (χ0) is 18.6. The minimum absolute atomic E-state index is 0.0121. The first-order valence-corrected chi connectivity index (χ1v) is 9.14. The Kier molecular flexibility index (Phi) is 6.14. The highest BCUT2D eigenvalue weighted by Gasteiger charge is 2.22. The van der Waals surface area contributed by atoms with Gasteiger partial charge in [-0.2, -0.15) is 5.26 Å². The molecule has 0 aliphatic carbocycles. The number of hydrogen-bond acceptors (Lipinski definition) is 4. The summed E-state index contributed by atoms with van der Waals surface area (Å²) in [7, 11) is 1.53. The molecule has 0 bridgehead atoms. The molecular formula is C17H16F3N3S2. The lowest BCUT2D eigenvalue weighted by Crippen LogP contribution is -2.21. The van der Waals surface area contributed by atoms with Gasteiger partial charge in [-0.05, 0) is 36.1 Å². The normalized spacial score (nSPS) is 12.1. The topological polar surface area (TPSA) is 39.4 Å². The van der Waals surface area contributed by atoms with E-state index in [0.29, 0.717) is 21.2 Å². The molecule has 0 amide bonds. The Morgan fingerprint density at radius 1 is 1.44 bits per heavy atom. The van der Waals surface area contributed by atoms with Crippen LogP contribution in [-0.2, 0) is 0 Å². The van der Waals surface area contributed by atoms with Crippen LogP contribution in [0.2, 0.25) is 0 Å². The summed E-state index contributed by atoms with van der Waals surface area (Å²) >= 11 is 2.32. The smallest absolute Gasteiger partial charge is 0.254 e. The highest BCUT2D eigenvalue weighted by Crippen LogP contribution is 2.33. The summed E-state index contributed by atoms with van der Waals surface area (Å²) in [6.45, 7) is 2.50. The van der Waals surface area contributed by atoms with Gasteiger partial charge in [0.2, 0.25) is 0 Å². The third-order valence-corrected chi connectivity index (χ3v) is 5.43. The number of thioether (sulfide) groups is 1. The number of aryl methyl sites for hydroxylation is 1. The van der Waals surface area contributed by atoms with Crippen LogP contribution in [0.25, 0.3) is 0 Å². The van der Waals surface area contributed by atoms with Crippen LogP contribution in [0.4, 0.5) is 18.9 Å². The molecule has 0 atom stereocenters. The zero-order valence-electron chi connectivity index (χ0n) is 13.9. The Bertz CT molecular complexity index is 806. The maximum Gasteiger partial charge on any atom is 0.254 e. The van der Waals surface area contributed by atoms with E-state index in [1.807, 2.05) is 11.6 Å². The lowest BCUT2D eigenvalue weighted by molar-refractivity contribution is 0.0492. The van der Waals surface area contributed by atoms with Crippen molar-refractivity contribution >= 4 is 34.6 Å². The van der Waals surface area contributed by atoms with Crippen molar-refractivity contribution in [1.29, 1.82) is 5.26 Å². The minimum atomic E-state index is -2.82. The number of alkyl halides is 2. The second kappa shape index (κ2) is 7.93. The second-order valence-electron chi connectivity index (χ2n) is 5.50. The van der Waals surface area contributed by atoms with Gasteiger partial charge in [0.25, 0.3) is 5.92 Å². The molecule has 0 spiro atoms. The summed E-state index contributed by atoms with van der Waals surface area (Å²) in [5.41, 5.74) is 0.579. The SMILES string of the molecule is Cc1cc(F)c(N=C(c2cccs2)N(C)C#N)cc1SCC(C)(F)F. The predicted molar refractivity (Wildman–Crippen MR) is 96.4 cm³/mol. The maximum atomic E-state index is 14.3. The Labute approximate surface area is 152 Å². The molecule has 0 N–H and O–H groups in total. The van der Waals surface area contributed by atoms with Gasteiger partial charge in [-0.25, -0.2) is 18.2 Å². The maximum absolute atomic E-state index is 14.3. The van der Waals surface area contributed by atoms with Crippen LogP contribution in [0.15, 0.2) is 39.5 Å². The summed E-state index contributed by atoms with van der Waals surface area (Å²) < 4.78 is 40.5. The molecule has 0 aliphatic heterocycles. The summed E-state index contributed by atoms with van der Waals surface area (Å²) in [6, 6.07) is 6.29. The molecule has 2 aromatic rings. The van der Waals surface area contributed by atoms with E-state index in [0.717, 1.165) is 18.7 Å². The quantitative estimate of drug-likeness (QED) is 0.227. The van der Waals surface area contributed by atoms with Gasteiger partial charge < -0.3 is 0 Å². The first-order valence-electron chi connectivity index (χ1n) is 7.28. The number of nitriles is 1. The standard InChI is InChI=1S/C17H16F3N3S2/c1-11-7-12(18)13(8-15(11)25-9-17(2,19)20)22-16(23(3)10-21)14-5-4-6-24-14/h4-8H,9H2,1-3H3. The van der Waals surface area contributed by atoms with E-state index in [9.17, 15) is 13.2 Å². The van der Waals surface area contributed by atoms with Crippen molar-refractivity contribution in [3.63, 3.8) is 0 Å². The van der Waals surface area contributed by atoms with Gasteiger partial charge in [0.05, 0.1) is 10.6 Å². The van der Waals surface area contributed by atoms with E-state index in [2.05, 4.69) is 4.99 Å². The number of rotatable bonds is 5. The van der Waals surface area contributed by atoms with Crippen molar-refractivity contribution in [2.24, 2.45) is 4.99 Å². The number of benzene rings is 1. The molecule has 8 heteroatoms. The van der Waals surface area contributed by atoms with E-state index in [1.54, 1.807) is 19.1 Å². The van der Waals surface area contributed by atoms with Crippen molar-refractivity contribution in [2.45, 2.75) is 24.7 Å². The van der Waals surface area contributed by atoms with Crippen LogP contribution in [0, 0.1) is 24.2 Å². The molecule has 25 heavy (non-hydrogen) atoms. The average molecular weight is 383 g/mol. The molecule has 0 saturated carbocycles. The molecule has 1 heterocycles. The Morgan fingerprint density at radius 2 is 2.16 bits per heavy atom. The van der Waals surface area contributed by atoms with Crippen molar-refractivity contribution in [3.05, 3.63) is 45.9 Å². The van der Waals surface area contributed by atoms with Gasteiger partial charge in [0.1, 0.15) is 11.5 Å². The number of thiophene rings is 1. The lowest BCUT2D eigenvalue weighted by atomic mass is 10.2. The Balaban J connectivity index is 2.44. The minimum Gasteiger partial charge on any atom is -0.265 e. The van der Waals surface area contributed by atoms with Gasteiger partial charge in [0.15, 0.2) is 12.0 Å². The summed E-state index contributed by atoms with van der Waals surface area (Å²) in [6.07, 6.45) is 1.95. The molecule has 0 fully saturated rings. The predicted octanol–water partition coefficient (Wildman–Crippen LogP) is 5.43. The molecule has 0 radical (unpaired) electrons. The van der Waals surface area contributed by atoms with Gasteiger partial charge in [-0.15, -0.1) is 23.1 Å². The van der Waals surface area contributed by atoms with Crippen LogP contribution in [0.1, 0.15) is 17.4 Å². The fourth-order valence-electron chi connectivity index (χ4n) is 1.95. The average Bonchev–Trinajstić information content (AvgIpc) is 3.05. The number of amidine groups is 1. The number of nitrogens with zero attached hydrogens (tertiary/aromatic N) is 3. The van der Waals surface area contributed by atoms with Crippen molar-refractivity contribution < 1.29 is 13.2 Å². The fraction of sp³-hybridized carbons (Fsp3) is 0.294. The number of hydrogen-bond donors (Lipinski definition) is 0. The second-order valence-corrected chi connectivity index (χ2v) is 7.46. The van der Waals surface area contributed by atoms with E-state index in [1.165, 1.54) is 35.4 Å². The first-order chi connectivity index (χ1) is 11.7.